The molecule has 13 heavy (non-hydrogen) atoms. The first-order chi connectivity index (χ1) is 6.35. The molecule has 1 unspecified atom stereocenters. The minimum atomic E-state index is -0.124. The van der Waals surface area contributed by atoms with E-state index in [4.69, 9.17) is 4.74 Å². The van der Waals surface area contributed by atoms with Crippen molar-refractivity contribution >= 4 is 0 Å². The molecule has 1 saturated carbocycles. The van der Waals surface area contributed by atoms with Gasteiger partial charge in [-0.25, -0.2) is 0 Å². The molecule has 0 aromatic heterocycles. The normalized spacial score (nSPS) is 34.8. The lowest BCUT2D eigenvalue weighted by molar-refractivity contribution is -0.00757. The maximum Gasteiger partial charge on any atom is 0.0670 e. The van der Waals surface area contributed by atoms with Gasteiger partial charge in [0.25, 0.3) is 0 Å². The zero-order valence-corrected chi connectivity index (χ0v) is 8.09. The predicted molar refractivity (Wildman–Crippen MR) is 50.6 cm³/mol. The highest BCUT2D eigenvalue weighted by Gasteiger charge is 2.33. The molecule has 0 aromatic rings. The maximum absolute atomic E-state index is 9.33. The Morgan fingerprint density at radius 2 is 2.31 bits per heavy atom. The third kappa shape index (κ3) is 2.42. The summed E-state index contributed by atoms with van der Waals surface area (Å²) in [5.41, 5.74) is -0.124. The fourth-order valence-corrected chi connectivity index (χ4v) is 1.86. The molecule has 0 aromatic carbocycles. The van der Waals surface area contributed by atoms with Gasteiger partial charge in [0, 0.05) is 6.61 Å². The molecule has 0 amide bonds. The van der Waals surface area contributed by atoms with E-state index in [0.29, 0.717) is 6.61 Å². The van der Waals surface area contributed by atoms with Crippen LogP contribution in [0.3, 0.4) is 0 Å². The van der Waals surface area contributed by atoms with Crippen molar-refractivity contribution in [1.82, 2.24) is 5.32 Å². The molecule has 1 aliphatic heterocycles. The smallest absolute Gasteiger partial charge is 0.0670 e. The Morgan fingerprint density at radius 1 is 1.46 bits per heavy atom. The predicted octanol–water partition coefficient (Wildman–Crippen LogP) is 0.527. The zero-order valence-electron chi connectivity index (χ0n) is 8.09. The highest BCUT2D eigenvalue weighted by atomic mass is 16.5. The van der Waals surface area contributed by atoms with E-state index in [1.54, 1.807) is 0 Å². The van der Waals surface area contributed by atoms with E-state index >= 15 is 0 Å². The summed E-state index contributed by atoms with van der Waals surface area (Å²) in [4.78, 5) is 0. The fourth-order valence-electron chi connectivity index (χ4n) is 1.86. The summed E-state index contributed by atoms with van der Waals surface area (Å²) in [5.74, 6) is 0.866. The number of aliphatic hydroxyl groups is 1. The van der Waals surface area contributed by atoms with Crippen molar-refractivity contribution < 1.29 is 9.84 Å². The number of ether oxygens (including phenoxy) is 1. The van der Waals surface area contributed by atoms with Crippen molar-refractivity contribution in [3.8, 4) is 0 Å². The molecular weight excluding hydrogens is 166 g/mol. The van der Waals surface area contributed by atoms with Crippen LogP contribution in [0.15, 0.2) is 0 Å². The summed E-state index contributed by atoms with van der Waals surface area (Å²) < 4.78 is 5.41. The van der Waals surface area contributed by atoms with Gasteiger partial charge in [-0.2, -0.15) is 0 Å². The topological polar surface area (TPSA) is 41.5 Å². The SMILES string of the molecule is OCC1(NCC2CC2)CCCOC1. The van der Waals surface area contributed by atoms with Crippen molar-refractivity contribution in [2.24, 2.45) is 5.92 Å². The zero-order chi connectivity index (χ0) is 9.15. The molecule has 1 atom stereocenters. The molecule has 76 valence electrons. The monoisotopic (exact) mass is 185 g/mol. The third-order valence-electron chi connectivity index (χ3n) is 3.09. The standard InChI is InChI=1S/C10H19NO2/c12-7-10(4-1-5-13-8-10)11-6-9-2-3-9/h9,11-12H,1-8H2. The first-order valence-electron chi connectivity index (χ1n) is 5.28. The lowest BCUT2D eigenvalue weighted by Gasteiger charge is -2.36. The second-order valence-corrected chi connectivity index (χ2v) is 4.42. The summed E-state index contributed by atoms with van der Waals surface area (Å²) in [7, 11) is 0. The van der Waals surface area contributed by atoms with Crippen LogP contribution < -0.4 is 5.32 Å². The number of hydrogen-bond donors (Lipinski definition) is 2. The molecule has 0 radical (unpaired) electrons. The minimum Gasteiger partial charge on any atom is -0.394 e. The van der Waals surface area contributed by atoms with E-state index in [-0.39, 0.29) is 12.1 Å². The largest absolute Gasteiger partial charge is 0.394 e. The van der Waals surface area contributed by atoms with Crippen LogP contribution in [-0.2, 0) is 4.74 Å². The molecule has 3 heteroatoms. The first-order valence-corrected chi connectivity index (χ1v) is 5.28. The lowest BCUT2D eigenvalue weighted by atomic mass is 9.93. The van der Waals surface area contributed by atoms with Gasteiger partial charge in [0.15, 0.2) is 0 Å². The molecule has 0 bridgehead atoms. The van der Waals surface area contributed by atoms with Crippen LogP contribution in [0.2, 0.25) is 0 Å². The van der Waals surface area contributed by atoms with Gasteiger partial charge in [0.2, 0.25) is 0 Å². The Labute approximate surface area is 79.5 Å². The second kappa shape index (κ2) is 3.95. The number of rotatable bonds is 4. The summed E-state index contributed by atoms with van der Waals surface area (Å²) >= 11 is 0. The van der Waals surface area contributed by atoms with Gasteiger partial charge < -0.3 is 15.2 Å². The summed E-state index contributed by atoms with van der Waals surface area (Å²) in [6.45, 7) is 2.80. The van der Waals surface area contributed by atoms with Crippen molar-refractivity contribution in [2.75, 3.05) is 26.4 Å². The Morgan fingerprint density at radius 3 is 2.85 bits per heavy atom. The van der Waals surface area contributed by atoms with E-state index in [9.17, 15) is 5.11 Å². The summed E-state index contributed by atoms with van der Waals surface area (Å²) in [6, 6.07) is 0. The van der Waals surface area contributed by atoms with Gasteiger partial charge in [-0.05, 0) is 38.1 Å². The summed E-state index contributed by atoms with van der Waals surface area (Å²) in [6.07, 6.45) is 4.83. The Hall–Kier alpha value is -0.120. The molecule has 2 fully saturated rings. The molecule has 0 spiro atoms. The first kappa shape index (κ1) is 9.44. The van der Waals surface area contributed by atoms with Crippen LogP contribution in [0.1, 0.15) is 25.7 Å². The number of aliphatic hydroxyl groups excluding tert-OH is 1. The molecule has 2 N–H and O–H groups in total. The van der Waals surface area contributed by atoms with Crippen LogP contribution in [0.5, 0.6) is 0 Å². The molecule has 1 aliphatic carbocycles. The maximum atomic E-state index is 9.33. The molecular formula is C10H19NO2. The molecule has 3 nitrogen and oxygen atoms in total. The second-order valence-electron chi connectivity index (χ2n) is 4.42. The van der Waals surface area contributed by atoms with Crippen LogP contribution in [0, 0.1) is 5.92 Å². The van der Waals surface area contributed by atoms with Crippen LogP contribution in [-0.4, -0.2) is 37.0 Å². The minimum absolute atomic E-state index is 0.124. The van der Waals surface area contributed by atoms with Gasteiger partial charge in [-0.1, -0.05) is 0 Å². The highest BCUT2D eigenvalue weighted by Crippen LogP contribution is 2.29. The van der Waals surface area contributed by atoms with Gasteiger partial charge in [-0.3, -0.25) is 0 Å². The van der Waals surface area contributed by atoms with E-state index in [2.05, 4.69) is 5.32 Å². The van der Waals surface area contributed by atoms with E-state index in [0.717, 1.165) is 31.9 Å². The molecule has 1 saturated heterocycles. The average Bonchev–Trinajstić information content (AvgIpc) is 3.00. The Balaban J connectivity index is 1.80. The van der Waals surface area contributed by atoms with E-state index in [1.165, 1.54) is 12.8 Å². The average molecular weight is 185 g/mol. The quantitative estimate of drug-likeness (QED) is 0.671. The van der Waals surface area contributed by atoms with Gasteiger partial charge in [-0.15, -0.1) is 0 Å². The number of nitrogens with one attached hydrogen (secondary N) is 1. The van der Waals surface area contributed by atoms with Gasteiger partial charge in [0.05, 0.1) is 18.8 Å². The third-order valence-corrected chi connectivity index (χ3v) is 3.09. The van der Waals surface area contributed by atoms with Gasteiger partial charge >= 0.3 is 0 Å². The van der Waals surface area contributed by atoms with Crippen LogP contribution >= 0.6 is 0 Å². The van der Waals surface area contributed by atoms with Gasteiger partial charge in [0.1, 0.15) is 0 Å². The van der Waals surface area contributed by atoms with Crippen molar-refractivity contribution in [3.05, 3.63) is 0 Å². The van der Waals surface area contributed by atoms with Crippen LogP contribution in [0.25, 0.3) is 0 Å². The van der Waals surface area contributed by atoms with Crippen molar-refractivity contribution in [3.63, 3.8) is 0 Å². The molecule has 1 heterocycles. The number of hydrogen-bond acceptors (Lipinski definition) is 3. The van der Waals surface area contributed by atoms with E-state index < -0.39 is 0 Å². The Kier molecular flexibility index (Phi) is 2.86. The van der Waals surface area contributed by atoms with Crippen molar-refractivity contribution in [1.29, 1.82) is 0 Å². The van der Waals surface area contributed by atoms with Crippen LogP contribution in [0.4, 0.5) is 0 Å². The lowest BCUT2D eigenvalue weighted by Crippen LogP contribution is -2.54. The molecule has 2 aliphatic rings. The summed E-state index contributed by atoms with van der Waals surface area (Å²) in [5, 5.41) is 12.8. The fraction of sp³-hybridized carbons (Fsp3) is 1.00. The van der Waals surface area contributed by atoms with E-state index in [1.807, 2.05) is 0 Å². The van der Waals surface area contributed by atoms with Crippen molar-refractivity contribution in [2.45, 2.75) is 31.2 Å². The molecule has 2 rings (SSSR count). The highest BCUT2D eigenvalue weighted by molar-refractivity contribution is 4.91. The Bertz CT molecular complexity index is 162.